The first-order valence-corrected chi connectivity index (χ1v) is 12.6. The molecule has 0 bridgehead atoms. The molecule has 0 radical (unpaired) electrons. The summed E-state index contributed by atoms with van der Waals surface area (Å²) in [5.41, 5.74) is 1.14. The Morgan fingerprint density at radius 1 is 1.09 bits per heavy atom. The molecule has 1 aliphatic heterocycles. The summed E-state index contributed by atoms with van der Waals surface area (Å²) in [5, 5.41) is 5.53. The highest BCUT2D eigenvalue weighted by Gasteiger charge is 2.30. The number of carbonyl (C=O) groups excluding carboxylic acids is 2. The first-order valence-electron chi connectivity index (χ1n) is 11.1. The number of carbonyl (C=O) groups is 2. The number of hydrogen-bond acceptors (Lipinski definition) is 6. The van der Waals surface area contributed by atoms with E-state index in [1.54, 1.807) is 6.07 Å². The van der Waals surface area contributed by atoms with Crippen LogP contribution in [0.15, 0.2) is 53.4 Å². The van der Waals surface area contributed by atoms with Crippen molar-refractivity contribution in [3.63, 3.8) is 0 Å². The SMILES string of the molecule is COc1ccc(NC(=O)[C@@H](NC(=O)Cc2ccccc2)C(C)C)cc1S(=O)(=O)N1CCOCC1. The predicted octanol–water partition coefficient (Wildman–Crippen LogP) is 2.04. The Bertz CT molecular complexity index is 1100. The molecule has 1 atom stereocenters. The molecule has 184 valence electrons. The number of anilines is 1. The molecular formula is C24H31N3O6S. The van der Waals surface area contributed by atoms with Gasteiger partial charge in [0, 0.05) is 18.8 Å². The van der Waals surface area contributed by atoms with Crippen molar-refractivity contribution in [2.24, 2.45) is 5.92 Å². The number of rotatable bonds is 9. The molecule has 10 heteroatoms. The second kappa shape index (κ2) is 11.5. The summed E-state index contributed by atoms with van der Waals surface area (Å²) in [6.45, 7) is 4.77. The number of methoxy groups -OCH3 is 1. The molecule has 2 amide bonds. The second-order valence-corrected chi connectivity index (χ2v) is 10.2. The smallest absolute Gasteiger partial charge is 0.247 e. The van der Waals surface area contributed by atoms with Gasteiger partial charge in [-0.05, 0) is 29.7 Å². The van der Waals surface area contributed by atoms with Crippen LogP contribution in [0.25, 0.3) is 0 Å². The number of hydrogen-bond donors (Lipinski definition) is 2. The third kappa shape index (κ3) is 6.34. The van der Waals surface area contributed by atoms with E-state index in [0.29, 0.717) is 18.9 Å². The van der Waals surface area contributed by atoms with Crippen molar-refractivity contribution in [2.45, 2.75) is 31.2 Å². The van der Waals surface area contributed by atoms with Crippen molar-refractivity contribution < 1.29 is 27.5 Å². The lowest BCUT2D eigenvalue weighted by atomic mass is 10.0. The minimum absolute atomic E-state index is 0.0380. The lowest BCUT2D eigenvalue weighted by molar-refractivity contribution is -0.127. The summed E-state index contributed by atoms with van der Waals surface area (Å²) >= 11 is 0. The average Bonchev–Trinajstić information content (AvgIpc) is 2.83. The van der Waals surface area contributed by atoms with Crippen LogP contribution in [0.5, 0.6) is 5.75 Å². The van der Waals surface area contributed by atoms with Gasteiger partial charge in [0.25, 0.3) is 0 Å². The standard InChI is InChI=1S/C24H31N3O6S/c1-17(2)23(26-22(28)15-18-7-5-4-6-8-18)24(29)25-19-9-10-20(32-3)21(16-19)34(30,31)27-11-13-33-14-12-27/h4-10,16-17,23H,11-15H2,1-3H3,(H,25,29)(H,26,28)/t23-/m0/s1. The Hall–Kier alpha value is -2.95. The van der Waals surface area contributed by atoms with Crippen LogP contribution < -0.4 is 15.4 Å². The van der Waals surface area contributed by atoms with Gasteiger partial charge >= 0.3 is 0 Å². The molecule has 34 heavy (non-hydrogen) atoms. The van der Waals surface area contributed by atoms with Crippen molar-refractivity contribution in [1.82, 2.24) is 9.62 Å². The first-order chi connectivity index (χ1) is 16.2. The fourth-order valence-electron chi connectivity index (χ4n) is 3.64. The first kappa shape index (κ1) is 25.7. The van der Waals surface area contributed by atoms with E-state index < -0.39 is 22.0 Å². The fraction of sp³-hybridized carbons (Fsp3) is 0.417. The number of morpholine rings is 1. The second-order valence-electron chi connectivity index (χ2n) is 8.32. The topological polar surface area (TPSA) is 114 Å². The molecular weight excluding hydrogens is 458 g/mol. The molecule has 0 unspecified atom stereocenters. The van der Waals surface area contributed by atoms with E-state index in [1.807, 2.05) is 44.2 Å². The molecule has 2 aromatic carbocycles. The molecule has 2 N–H and O–H groups in total. The van der Waals surface area contributed by atoms with Gasteiger partial charge in [-0.15, -0.1) is 0 Å². The Morgan fingerprint density at radius 3 is 2.38 bits per heavy atom. The number of ether oxygens (including phenoxy) is 2. The van der Waals surface area contributed by atoms with Gasteiger partial charge in [0.1, 0.15) is 16.7 Å². The summed E-state index contributed by atoms with van der Waals surface area (Å²) in [4.78, 5) is 25.5. The van der Waals surface area contributed by atoms with Gasteiger partial charge in [-0.2, -0.15) is 4.31 Å². The molecule has 1 heterocycles. The maximum atomic E-state index is 13.2. The summed E-state index contributed by atoms with van der Waals surface area (Å²) in [6.07, 6.45) is 0.155. The average molecular weight is 490 g/mol. The van der Waals surface area contributed by atoms with Gasteiger partial charge < -0.3 is 20.1 Å². The zero-order chi connectivity index (χ0) is 24.7. The largest absolute Gasteiger partial charge is 0.495 e. The number of benzene rings is 2. The third-order valence-corrected chi connectivity index (χ3v) is 7.41. The molecule has 0 aliphatic carbocycles. The minimum Gasteiger partial charge on any atom is -0.495 e. The van der Waals surface area contributed by atoms with Crippen LogP contribution in [0.4, 0.5) is 5.69 Å². The molecule has 1 fully saturated rings. The van der Waals surface area contributed by atoms with Crippen LogP contribution in [0.1, 0.15) is 19.4 Å². The molecule has 0 spiro atoms. The van der Waals surface area contributed by atoms with E-state index in [0.717, 1.165) is 5.56 Å². The van der Waals surface area contributed by atoms with E-state index in [9.17, 15) is 18.0 Å². The maximum absolute atomic E-state index is 13.2. The molecule has 2 aromatic rings. The molecule has 0 saturated carbocycles. The van der Waals surface area contributed by atoms with Gasteiger partial charge in [0.2, 0.25) is 21.8 Å². The number of nitrogens with zero attached hydrogens (tertiary/aromatic N) is 1. The van der Waals surface area contributed by atoms with E-state index >= 15 is 0 Å². The molecule has 3 rings (SSSR count). The highest BCUT2D eigenvalue weighted by molar-refractivity contribution is 7.89. The number of sulfonamides is 1. The summed E-state index contributed by atoms with van der Waals surface area (Å²) in [6, 6.07) is 12.9. The molecule has 1 saturated heterocycles. The van der Waals surface area contributed by atoms with Gasteiger partial charge in [-0.25, -0.2) is 8.42 Å². The fourth-order valence-corrected chi connectivity index (χ4v) is 5.23. The van der Waals surface area contributed by atoms with Crippen molar-refractivity contribution in [1.29, 1.82) is 0 Å². The minimum atomic E-state index is -3.85. The Labute approximate surface area is 200 Å². The molecule has 9 nitrogen and oxygen atoms in total. The van der Waals surface area contributed by atoms with Crippen LogP contribution in [0.2, 0.25) is 0 Å². The third-order valence-electron chi connectivity index (χ3n) is 5.49. The van der Waals surface area contributed by atoms with Gasteiger partial charge in [-0.3, -0.25) is 9.59 Å². The lowest BCUT2D eigenvalue weighted by Crippen LogP contribution is -2.47. The summed E-state index contributed by atoms with van der Waals surface area (Å²) in [7, 11) is -2.45. The molecule has 1 aliphatic rings. The van der Waals surface area contributed by atoms with Crippen LogP contribution >= 0.6 is 0 Å². The van der Waals surface area contributed by atoms with Crippen molar-refractivity contribution in [2.75, 3.05) is 38.7 Å². The van der Waals surface area contributed by atoms with Gasteiger partial charge in [0.05, 0.1) is 26.7 Å². The van der Waals surface area contributed by atoms with E-state index in [4.69, 9.17) is 9.47 Å². The van der Waals surface area contributed by atoms with Crippen LogP contribution in [0.3, 0.4) is 0 Å². The van der Waals surface area contributed by atoms with Crippen molar-refractivity contribution >= 4 is 27.5 Å². The molecule has 0 aromatic heterocycles. The normalized spacial score (nSPS) is 15.5. The quantitative estimate of drug-likeness (QED) is 0.557. The Balaban J connectivity index is 1.76. The monoisotopic (exact) mass is 489 g/mol. The zero-order valence-electron chi connectivity index (χ0n) is 19.6. The van der Waals surface area contributed by atoms with Gasteiger partial charge in [-0.1, -0.05) is 44.2 Å². The Kier molecular flexibility index (Phi) is 8.65. The van der Waals surface area contributed by atoms with Crippen molar-refractivity contribution in [3.05, 3.63) is 54.1 Å². The van der Waals surface area contributed by atoms with Crippen LogP contribution in [-0.4, -0.2) is 64.0 Å². The van der Waals surface area contributed by atoms with E-state index in [2.05, 4.69) is 10.6 Å². The zero-order valence-corrected chi connectivity index (χ0v) is 20.4. The summed E-state index contributed by atoms with van der Waals surface area (Å²) in [5.74, 6) is -0.711. The van der Waals surface area contributed by atoms with Crippen molar-refractivity contribution in [3.8, 4) is 5.75 Å². The van der Waals surface area contributed by atoms with Crippen LogP contribution in [-0.2, 0) is 30.8 Å². The highest BCUT2D eigenvalue weighted by Crippen LogP contribution is 2.30. The van der Waals surface area contributed by atoms with Gasteiger partial charge in [0.15, 0.2) is 0 Å². The van der Waals surface area contributed by atoms with Crippen LogP contribution in [0, 0.1) is 5.92 Å². The Morgan fingerprint density at radius 2 is 1.76 bits per heavy atom. The maximum Gasteiger partial charge on any atom is 0.247 e. The lowest BCUT2D eigenvalue weighted by Gasteiger charge is -2.27. The highest BCUT2D eigenvalue weighted by atomic mass is 32.2. The predicted molar refractivity (Wildman–Crippen MR) is 128 cm³/mol. The number of nitrogens with one attached hydrogen (secondary N) is 2. The number of amides is 2. The summed E-state index contributed by atoms with van der Waals surface area (Å²) < 4.78 is 38.2. The van der Waals surface area contributed by atoms with E-state index in [1.165, 1.54) is 23.5 Å². The van der Waals surface area contributed by atoms with E-state index in [-0.39, 0.29) is 42.0 Å².